The van der Waals surface area contributed by atoms with Crippen LogP contribution in [-0.2, 0) is 20.6 Å². The van der Waals surface area contributed by atoms with E-state index in [0.717, 1.165) is 17.7 Å². The number of hydrogen-bond acceptors (Lipinski definition) is 4. The number of hydrogen-bond donors (Lipinski definition) is 0. The minimum Gasteiger partial charge on any atom is -0.497 e. The molecule has 0 aromatic heterocycles. The average Bonchev–Trinajstić information content (AvgIpc) is 2.51. The summed E-state index contributed by atoms with van der Waals surface area (Å²) in [6, 6.07) is 7.80. The lowest BCUT2D eigenvalue weighted by molar-refractivity contribution is -0.120. The van der Waals surface area contributed by atoms with E-state index in [-0.39, 0.29) is 16.9 Å². The van der Waals surface area contributed by atoms with E-state index in [1.54, 1.807) is 14.0 Å². The predicted octanol–water partition coefficient (Wildman–Crippen LogP) is 4.97. The van der Waals surface area contributed by atoms with Crippen molar-refractivity contribution in [3.63, 3.8) is 0 Å². The molecule has 0 spiro atoms. The summed E-state index contributed by atoms with van der Waals surface area (Å²) in [7, 11) is -0.114. The third-order valence-electron chi connectivity index (χ3n) is 4.87. The fourth-order valence-electron chi connectivity index (χ4n) is 2.16. The number of carbonyl (C=O) groups excluding carboxylic acids is 1. The Balaban J connectivity index is 2.54. The minimum atomic E-state index is -1.76. The molecule has 0 fully saturated rings. The number of carbonyl (C=O) groups is 1. The van der Waals surface area contributed by atoms with Gasteiger partial charge in [0.1, 0.15) is 11.5 Å². The van der Waals surface area contributed by atoms with Crippen molar-refractivity contribution in [2.45, 2.75) is 71.4 Å². The molecule has 0 saturated heterocycles. The van der Waals surface area contributed by atoms with Gasteiger partial charge in [0.15, 0.2) is 8.32 Å². The van der Waals surface area contributed by atoms with Crippen LogP contribution in [0, 0.1) is 0 Å². The normalized spacial score (nSPS) is 13.6. The summed E-state index contributed by atoms with van der Waals surface area (Å²) in [4.78, 5) is 11.5. The maximum absolute atomic E-state index is 11.5. The molecule has 0 aliphatic carbocycles. The zero-order chi connectivity index (χ0) is 19.1. The highest BCUT2D eigenvalue weighted by Crippen LogP contribution is 2.36. The summed E-state index contributed by atoms with van der Waals surface area (Å²) in [5.74, 6) is 0.971. The molecule has 0 heterocycles. The molecule has 0 radical (unpaired) electrons. The first-order valence-corrected chi connectivity index (χ1v) is 11.8. The largest absolute Gasteiger partial charge is 0.497 e. The molecular formula is C20H34O4Si. The summed E-state index contributed by atoms with van der Waals surface area (Å²) >= 11 is 0. The zero-order valence-corrected chi connectivity index (χ0v) is 17.8. The Morgan fingerprint density at radius 3 is 2.24 bits per heavy atom. The van der Waals surface area contributed by atoms with Crippen LogP contribution in [0.1, 0.15) is 46.1 Å². The number of benzene rings is 1. The lowest BCUT2D eigenvalue weighted by Crippen LogP contribution is -2.41. The molecule has 1 aromatic carbocycles. The Labute approximate surface area is 154 Å². The first kappa shape index (κ1) is 21.9. The van der Waals surface area contributed by atoms with Gasteiger partial charge in [-0.25, -0.2) is 0 Å². The van der Waals surface area contributed by atoms with Crippen molar-refractivity contribution in [1.29, 1.82) is 0 Å². The van der Waals surface area contributed by atoms with Crippen LogP contribution in [0.5, 0.6) is 5.75 Å². The molecule has 1 atom stereocenters. The second-order valence-electron chi connectivity index (χ2n) is 8.08. The van der Waals surface area contributed by atoms with Crippen molar-refractivity contribution < 1.29 is 18.7 Å². The fraction of sp³-hybridized carbons (Fsp3) is 0.650. The summed E-state index contributed by atoms with van der Waals surface area (Å²) in [5.41, 5.74) is 1.07. The molecule has 0 N–H and O–H groups in total. The Morgan fingerprint density at radius 1 is 1.16 bits per heavy atom. The second-order valence-corrected chi connectivity index (χ2v) is 12.9. The van der Waals surface area contributed by atoms with Gasteiger partial charge in [-0.1, -0.05) is 32.9 Å². The van der Waals surface area contributed by atoms with Crippen molar-refractivity contribution in [3.05, 3.63) is 29.8 Å². The number of methoxy groups -OCH3 is 1. The predicted molar refractivity (Wildman–Crippen MR) is 105 cm³/mol. The van der Waals surface area contributed by atoms with Crippen LogP contribution in [-0.4, -0.2) is 33.9 Å². The van der Waals surface area contributed by atoms with Crippen LogP contribution in [0.4, 0.5) is 0 Å². The molecule has 0 aliphatic heterocycles. The van der Waals surface area contributed by atoms with Crippen molar-refractivity contribution in [3.8, 4) is 5.75 Å². The van der Waals surface area contributed by atoms with E-state index in [2.05, 4.69) is 33.9 Å². The van der Waals surface area contributed by atoms with Gasteiger partial charge in [-0.05, 0) is 49.2 Å². The monoisotopic (exact) mass is 366 g/mol. The smallest absolute Gasteiger partial charge is 0.191 e. The summed E-state index contributed by atoms with van der Waals surface area (Å²) in [6.45, 7) is 13.9. The number of ketones is 1. The van der Waals surface area contributed by atoms with Gasteiger partial charge in [-0.3, -0.25) is 4.79 Å². The van der Waals surface area contributed by atoms with E-state index in [0.29, 0.717) is 19.6 Å². The maximum Gasteiger partial charge on any atom is 0.191 e. The minimum absolute atomic E-state index is 0.107. The zero-order valence-electron chi connectivity index (χ0n) is 16.8. The first-order chi connectivity index (χ1) is 11.5. The van der Waals surface area contributed by atoms with Crippen molar-refractivity contribution >= 4 is 14.1 Å². The van der Waals surface area contributed by atoms with Crippen LogP contribution in [0.2, 0.25) is 18.1 Å². The van der Waals surface area contributed by atoms with Crippen LogP contribution in [0.25, 0.3) is 0 Å². The second kappa shape index (κ2) is 9.50. The van der Waals surface area contributed by atoms with E-state index in [4.69, 9.17) is 13.9 Å². The summed E-state index contributed by atoms with van der Waals surface area (Å²) < 4.78 is 17.4. The van der Waals surface area contributed by atoms with Gasteiger partial charge in [0.2, 0.25) is 0 Å². The molecule has 5 heteroatoms. The highest BCUT2D eigenvalue weighted by atomic mass is 28.4. The van der Waals surface area contributed by atoms with Crippen LogP contribution in [0.15, 0.2) is 24.3 Å². The number of Topliss-reactive ketones (excluding diaryl/α,β-unsaturated/α-hetero) is 1. The lowest BCUT2D eigenvalue weighted by Gasteiger charge is -2.36. The van der Waals surface area contributed by atoms with Crippen LogP contribution < -0.4 is 4.74 Å². The Morgan fingerprint density at radius 2 is 1.76 bits per heavy atom. The highest BCUT2D eigenvalue weighted by molar-refractivity contribution is 6.74. The quantitative estimate of drug-likeness (QED) is 0.548. The molecular weight excluding hydrogens is 332 g/mol. The SMILES string of the molecule is COc1ccc(CO[C@H](CCO[Si](C)(C)C(C)(C)C)CC(C)=O)cc1. The molecule has 1 rings (SSSR count). The summed E-state index contributed by atoms with van der Waals surface area (Å²) in [6.07, 6.45) is 1.06. The van der Waals surface area contributed by atoms with Gasteiger partial charge >= 0.3 is 0 Å². The molecule has 0 aliphatic rings. The van der Waals surface area contributed by atoms with Crippen molar-refractivity contribution in [2.75, 3.05) is 13.7 Å². The number of ether oxygens (including phenoxy) is 2. The standard InChI is InChI=1S/C20H34O4Si/c1-16(21)14-19(12-13-24-25(6,7)20(2,3)4)23-15-17-8-10-18(22-5)11-9-17/h8-11,19H,12-15H2,1-7H3/t19-/m1/s1. The van der Waals surface area contributed by atoms with Gasteiger partial charge < -0.3 is 13.9 Å². The first-order valence-electron chi connectivity index (χ1n) is 8.93. The molecule has 25 heavy (non-hydrogen) atoms. The van der Waals surface area contributed by atoms with Crippen LogP contribution in [0.3, 0.4) is 0 Å². The number of rotatable bonds is 10. The third kappa shape index (κ3) is 7.71. The van der Waals surface area contributed by atoms with Gasteiger partial charge in [0.25, 0.3) is 0 Å². The Hall–Kier alpha value is -1.17. The molecule has 142 valence electrons. The van der Waals surface area contributed by atoms with Gasteiger partial charge in [0, 0.05) is 13.0 Å². The van der Waals surface area contributed by atoms with Gasteiger partial charge in [-0.15, -0.1) is 0 Å². The van der Waals surface area contributed by atoms with E-state index in [1.807, 2.05) is 24.3 Å². The van der Waals surface area contributed by atoms with Crippen molar-refractivity contribution in [1.82, 2.24) is 0 Å². The van der Waals surface area contributed by atoms with E-state index < -0.39 is 8.32 Å². The lowest BCUT2D eigenvalue weighted by atomic mass is 10.1. The highest BCUT2D eigenvalue weighted by Gasteiger charge is 2.37. The van der Waals surface area contributed by atoms with E-state index in [1.165, 1.54) is 0 Å². The average molecular weight is 367 g/mol. The maximum atomic E-state index is 11.5. The Kier molecular flexibility index (Phi) is 8.31. The molecule has 4 nitrogen and oxygen atoms in total. The molecule has 1 aromatic rings. The summed E-state index contributed by atoms with van der Waals surface area (Å²) in [5, 5.41) is 0.188. The van der Waals surface area contributed by atoms with Gasteiger partial charge in [-0.2, -0.15) is 0 Å². The topological polar surface area (TPSA) is 44.8 Å². The van der Waals surface area contributed by atoms with Gasteiger partial charge in [0.05, 0.1) is 19.8 Å². The molecule has 0 amide bonds. The Bertz CT molecular complexity index is 532. The van der Waals surface area contributed by atoms with Crippen molar-refractivity contribution in [2.24, 2.45) is 0 Å². The molecule has 0 unspecified atom stereocenters. The van der Waals surface area contributed by atoms with E-state index in [9.17, 15) is 4.79 Å². The molecule has 0 bridgehead atoms. The third-order valence-corrected chi connectivity index (χ3v) is 9.41. The molecule has 0 saturated carbocycles. The fourth-order valence-corrected chi connectivity index (χ4v) is 3.22. The van der Waals surface area contributed by atoms with E-state index >= 15 is 0 Å². The van der Waals surface area contributed by atoms with Crippen LogP contribution >= 0.6 is 0 Å².